The molecule has 0 spiro atoms. The molecule has 0 aromatic heterocycles. The lowest BCUT2D eigenvalue weighted by Crippen LogP contribution is -2.35. The maximum absolute atomic E-state index is 12.2. The molecule has 7 heteroatoms. The van der Waals surface area contributed by atoms with Gasteiger partial charge in [0.1, 0.15) is 6.54 Å². The first-order valence-electron chi connectivity index (χ1n) is 9.31. The van der Waals surface area contributed by atoms with Crippen molar-refractivity contribution in [2.24, 2.45) is 0 Å². The van der Waals surface area contributed by atoms with Gasteiger partial charge >= 0.3 is 5.97 Å². The van der Waals surface area contributed by atoms with E-state index in [1.165, 1.54) is 4.90 Å². The Labute approximate surface area is 171 Å². The molecule has 0 atom stereocenters. The molecule has 0 aliphatic heterocycles. The highest BCUT2D eigenvalue weighted by Gasteiger charge is 2.13. The van der Waals surface area contributed by atoms with Crippen molar-refractivity contribution in [1.82, 2.24) is 10.2 Å². The molecule has 2 aromatic rings. The average Bonchev–Trinajstić information content (AvgIpc) is 2.71. The minimum absolute atomic E-state index is 0.183. The van der Waals surface area contributed by atoms with Crippen LogP contribution < -0.4 is 10.2 Å². The third-order valence-electron chi connectivity index (χ3n) is 4.29. The summed E-state index contributed by atoms with van der Waals surface area (Å²) in [6, 6.07) is 17.1. The molecule has 154 valence electrons. The summed E-state index contributed by atoms with van der Waals surface area (Å²) in [4.78, 5) is 39.3. The van der Waals surface area contributed by atoms with E-state index in [2.05, 4.69) is 5.32 Å². The standard InChI is InChI=1S/C22H27N3O4/c1-24(2)19-11-9-18(10-12-19)15-25(3)21(27)16-29-22(28)14-23-20(26)13-17-7-5-4-6-8-17/h4-12H,13-16H2,1-3H3,(H,23,26). The summed E-state index contributed by atoms with van der Waals surface area (Å²) < 4.78 is 4.96. The van der Waals surface area contributed by atoms with Gasteiger partial charge in [-0.3, -0.25) is 14.4 Å². The number of nitrogens with one attached hydrogen (secondary N) is 1. The molecule has 2 amide bonds. The van der Waals surface area contributed by atoms with Crippen LogP contribution in [-0.2, 0) is 32.1 Å². The maximum atomic E-state index is 12.2. The highest BCUT2D eigenvalue weighted by atomic mass is 16.5. The fraction of sp³-hybridized carbons (Fsp3) is 0.318. The molecule has 0 aliphatic carbocycles. The van der Waals surface area contributed by atoms with Crippen LogP contribution in [0.1, 0.15) is 11.1 Å². The molecule has 0 fully saturated rings. The van der Waals surface area contributed by atoms with Crippen LogP contribution in [0.5, 0.6) is 0 Å². The number of anilines is 1. The van der Waals surface area contributed by atoms with Crippen molar-refractivity contribution in [3.63, 3.8) is 0 Å². The molecule has 0 saturated heterocycles. The SMILES string of the molecule is CN(Cc1ccc(N(C)C)cc1)C(=O)COC(=O)CNC(=O)Cc1ccccc1. The number of hydrogen-bond donors (Lipinski definition) is 1. The Bertz CT molecular complexity index is 820. The van der Waals surface area contributed by atoms with E-state index in [4.69, 9.17) is 4.74 Å². The van der Waals surface area contributed by atoms with Crippen molar-refractivity contribution < 1.29 is 19.1 Å². The Morgan fingerprint density at radius 1 is 0.897 bits per heavy atom. The predicted molar refractivity (Wildman–Crippen MR) is 111 cm³/mol. The quantitative estimate of drug-likeness (QED) is 0.651. The van der Waals surface area contributed by atoms with E-state index in [1.807, 2.05) is 73.6 Å². The fourth-order valence-electron chi connectivity index (χ4n) is 2.58. The molecule has 0 aliphatic rings. The van der Waals surface area contributed by atoms with E-state index >= 15 is 0 Å². The number of rotatable bonds is 9. The Morgan fingerprint density at radius 2 is 1.55 bits per heavy atom. The first-order valence-corrected chi connectivity index (χ1v) is 9.31. The molecular formula is C22H27N3O4. The second-order valence-electron chi connectivity index (χ2n) is 6.91. The molecule has 7 nitrogen and oxygen atoms in total. The molecular weight excluding hydrogens is 370 g/mol. The van der Waals surface area contributed by atoms with Crippen molar-refractivity contribution in [3.8, 4) is 0 Å². The summed E-state index contributed by atoms with van der Waals surface area (Å²) in [5.74, 6) is -1.24. The minimum atomic E-state index is -0.650. The second-order valence-corrected chi connectivity index (χ2v) is 6.91. The van der Waals surface area contributed by atoms with Crippen LogP contribution in [0.25, 0.3) is 0 Å². The highest BCUT2D eigenvalue weighted by Crippen LogP contribution is 2.13. The van der Waals surface area contributed by atoms with Gasteiger partial charge in [0, 0.05) is 33.4 Å². The Balaban J connectivity index is 1.69. The number of amides is 2. The second kappa shape index (κ2) is 10.8. The van der Waals surface area contributed by atoms with E-state index < -0.39 is 5.97 Å². The van der Waals surface area contributed by atoms with Gasteiger partial charge in [-0.1, -0.05) is 42.5 Å². The number of carbonyl (C=O) groups is 3. The molecule has 2 aromatic carbocycles. The van der Waals surface area contributed by atoms with Crippen LogP contribution in [0.2, 0.25) is 0 Å². The number of esters is 1. The number of nitrogens with zero attached hydrogens (tertiary/aromatic N) is 2. The molecule has 0 bridgehead atoms. The first kappa shape index (κ1) is 21.9. The van der Waals surface area contributed by atoms with E-state index in [-0.39, 0.29) is 31.4 Å². The van der Waals surface area contributed by atoms with Crippen LogP contribution >= 0.6 is 0 Å². The monoisotopic (exact) mass is 397 g/mol. The zero-order valence-electron chi connectivity index (χ0n) is 17.1. The summed E-state index contributed by atoms with van der Waals surface area (Å²) in [5.41, 5.74) is 2.91. The molecule has 0 saturated carbocycles. The molecule has 0 heterocycles. The summed E-state index contributed by atoms with van der Waals surface area (Å²) in [6.45, 7) is -0.216. The van der Waals surface area contributed by atoms with E-state index in [1.54, 1.807) is 7.05 Å². The van der Waals surface area contributed by atoms with Gasteiger partial charge in [0.25, 0.3) is 5.91 Å². The summed E-state index contributed by atoms with van der Waals surface area (Å²) >= 11 is 0. The van der Waals surface area contributed by atoms with Crippen molar-refractivity contribution in [3.05, 3.63) is 65.7 Å². The van der Waals surface area contributed by atoms with Crippen LogP contribution in [-0.4, -0.2) is 57.0 Å². The average molecular weight is 397 g/mol. The largest absolute Gasteiger partial charge is 0.454 e. The zero-order chi connectivity index (χ0) is 21.2. The van der Waals surface area contributed by atoms with Gasteiger partial charge in [0.05, 0.1) is 6.42 Å². The van der Waals surface area contributed by atoms with E-state index in [0.29, 0.717) is 6.54 Å². The van der Waals surface area contributed by atoms with Crippen LogP contribution in [0.3, 0.4) is 0 Å². The number of benzene rings is 2. The number of carbonyl (C=O) groups excluding carboxylic acids is 3. The lowest BCUT2D eigenvalue weighted by Gasteiger charge is -2.18. The first-order chi connectivity index (χ1) is 13.8. The van der Waals surface area contributed by atoms with E-state index in [0.717, 1.165) is 16.8 Å². The van der Waals surface area contributed by atoms with Gasteiger partial charge in [0.2, 0.25) is 5.91 Å². The maximum Gasteiger partial charge on any atom is 0.325 e. The number of hydrogen-bond acceptors (Lipinski definition) is 5. The van der Waals surface area contributed by atoms with Crippen LogP contribution in [0, 0.1) is 0 Å². The number of likely N-dealkylation sites (N-methyl/N-ethyl adjacent to an activating group) is 1. The Hall–Kier alpha value is -3.35. The number of ether oxygens (including phenoxy) is 1. The Morgan fingerprint density at radius 3 is 2.17 bits per heavy atom. The lowest BCUT2D eigenvalue weighted by atomic mass is 10.1. The van der Waals surface area contributed by atoms with Crippen molar-refractivity contribution in [2.45, 2.75) is 13.0 Å². The van der Waals surface area contributed by atoms with Crippen LogP contribution in [0.4, 0.5) is 5.69 Å². The molecule has 2 rings (SSSR count). The molecule has 1 N–H and O–H groups in total. The van der Waals surface area contributed by atoms with Gasteiger partial charge in [-0.2, -0.15) is 0 Å². The van der Waals surface area contributed by atoms with Crippen LogP contribution in [0.15, 0.2) is 54.6 Å². The summed E-state index contributed by atoms with van der Waals surface area (Å²) in [6.07, 6.45) is 0.183. The van der Waals surface area contributed by atoms with Gasteiger partial charge in [0.15, 0.2) is 6.61 Å². The minimum Gasteiger partial charge on any atom is -0.454 e. The predicted octanol–water partition coefficient (Wildman–Crippen LogP) is 1.61. The van der Waals surface area contributed by atoms with Gasteiger partial charge in [-0.25, -0.2) is 0 Å². The third kappa shape index (κ3) is 7.65. The third-order valence-corrected chi connectivity index (χ3v) is 4.29. The van der Waals surface area contributed by atoms with Crippen molar-refractivity contribution in [2.75, 3.05) is 39.2 Å². The fourth-order valence-corrected chi connectivity index (χ4v) is 2.58. The summed E-state index contributed by atoms with van der Waals surface area (Å²) in [5, 5.41) is 2.50. The highest BCUT2D eigenvalue weighted by molar-refractivity contribution is 5.85. The van der Waals surface area contributed by atoms with Crippen molar-refractivity contribution >= 4 is 23.5 Å². The summed E-state index contributed by atoms with van der Waals surface area (Å²) in [7, 11) is 5.57. The zero-order valence-corrected chi connectivity index (χ0v) is 17.1. The van der Waals surface area contributed by atoms with Gasteiger partial charge in [-0.15, -0.1) is 0 Å². The smallest absolute Gasteiger partial charge is 0.325 e. The molecule has 0 unspecified atom stereocenters. The topological polar surface area (TPSA) is 79.0 Å². The molecule has 0 radical (unpaired) electrons. The Kier molecular flexibility index (Phi) is 8.21. The van der Waals surface area contributed by atoms with Gasteiger partial charge < -0.3 is 19.9 Å². The van der Waals surface area contributed by atoms with Crippen molar-refractivity contribution in [1.29, 1.82) is 0 Å². The normalized spacial score (nSPS) is 10.2. The lowest BCUT2D eigenvalue weighted by molar-refractivity contribution is -0.151. The van der Waals surface area contributed by atoms with E-state index in [9.17, 15) is 14.4 Å². The molecule has 29 heavy (non-hydrogen) atoms. The van der Waals surface area contributed by atoms with Gasteiger partial charge in [-0.05, 0) is 23.3 Å².